The first-order chi connectivity index (χ1) is 18.0. The third kappa shape index (κ3) is 7.33. The van der Waals surface area contributed by atoms with E-state index in [0.717, 1.165) is 41.6 Å². The van der Waals surface area contributed by atoms with Gasteiger partial charge in [0, 0.05) is 23.2 Å². The van der Waals surface area contributed by atoms with Crippen molar-refractivity contribution in [3.63, 3.8) is 0 Å². The molecule has 1 atom stereocenters. The predicted octanol–water partition coefficient (Wildman–Crippen LogP) is 5.75. The van der Waals surface area contributed by atoms with E-state index >= 15 is 0 Å². The van der Waals surface area contributed by atoms with E-state index in [1.807, 2.05) is 54.6 Å². The molecule has 2 heterocycles. The number of hydrogen-bond acceptors (Lipinski definition) is 6. The minimum absolute atomic E-state index is 0.0743. The molecule has 8 heteroatoms. The van der Waals surface area contributed by atoms with Crippen LogP contribution in [0.3, 0.4) is 0 Å². The fraction of sp³-hybridized carbons (Fsp3) is 0.276. The van der Waals surface area contributed by atoms with Crippen LogP contribution in [0.5, 0.6) is 5.75 Å². The summed E-state index contributed by atoms with van der Waals surface area (Å²) in [5.41, 5.74) is 2.94. The van der Waals surface area contributed by atoms with Crippen molar-refractivity contribution in [2.24, 2.45) is 0 Å². The summed E-state index contributed by atoms with van der Waals surface area (Å²) in [6, 6.07) is 20.8. The summed E-state index contributed by atoms with van der Waals surface area (Å²) in [7, 11) is 0. The molecule has 4 aromatic rings. The number of unbranched alkanes of at least 4 members (excludes halogenated alkanes) is 1. The molecule has 0 aliphatic rings. The molecule has 0 aliphatic heterocycles. The summed E-state index contributed by atoms with van der Waals surface area (Å²) < 4.78 is 11.9. The lowest BCUT2D eigenvalue weighted by Crippen LogP contribution is -2.27. The molecule has 0 saturated heterocycles. The number of furan rings is 1. The summed E-state index contributed by atoms with van der Waals surface area (Å²) in [6.07, 6.45) is 4.65. The molecular formula is C29H31N3O5. The number of anilines is 1. The number of aliphatic carboxylic acids is 1. The number of amides is 1. The molecule has 4 rings (SSSR count). The number of ether oxygens (including phenoxy) is 1. The van der Waals surface area contributed by atoms with Crippen LogP contribution in [0.2, 0.25) is 0 Å². The quantitative estimate of drug-likeness (QED) is 0.214. The van der Waals surface area contributed by atoms with E-state index in [1.165, 1.54) is 0 Å². The van der Waals surface area contributed by atoms with Crippen molar-refractivity contribution >= 4 is 28.5 Å². The number of carboxylic acid groups (broad SMARTS) is 1. The maximum absolute atomic E-state index is 12.2. The number of para-hydroxylation sites is 1. The van der Waals surface area contributed by atoms with Crippen LogP contribution in [0.4, 0.5) is 5.69 Å². The number of carbonyl (C=O) groups is 2. The molecule has 0 unspecified atom stereocenters. The van der Waals surface area contributed by atoms with Gasteiger partial charge in [0.15, 0.2) is 5.76 Å². The Labute approximate surface area is 215 Å². The van der Waals surface area contributed by atoms with Gasteiger partial charge >= 0.3 is 5.97 Å². The Morgan fingerprint density at radius 2 is 1.89 bits per heavy atom. The molecule has 0 spiro atoms. The Kier molecular flexibility index (Phi) is 8.75. The first kappa shape index (κ1) is 25.8. The van der Waals surface area contributed by atoms with Gasteiger partial charge in [-0.2, -0.15) is 0 Å². The number of carboxylic acids is 1. The van der Waals surface area contributed by atoms with Crippen LogP contribution in [0, 0.1) is 0 Å². The van der Waals surface area contributed by atoms with Crippen LogP contribution in [0.15, 0.2) is 77.3 Å². The number of benzene rings is 2. The molecule has 0 aliphatic carbocycles. The second-order valence-electron chi connectivity index (χ2n) is 8.80. The highest BCUT2D eigenvalue weighted by molar-refractivity contribution is 5.94. The molecule has 2 aromatic heterocycles. The summed E-state index contributed by atoms with van der Waals surface area (Å²) >= 11 is 0. The standard InChI is InChI=1S/C29H31N3O5/c1-2-3-7-23(32-22-11-9-20(10-12-22)29(35)30-16-15-28(33)34)19-36-24-13-14-25(31-18-24)27-17-21-6-4-5-8-26(21)37-27/h4-6,8-14,17-18,23,32H,2-3,7,15-16,19H2,1H3,(H,30,35)(H,33,34)/t23-/m0/s1. The van der Waals surface area contributed by atoms with Gasteiger partial charge < -0.3 is 24.9 Å². The van der Waals surface area contributed by atoms with Gasteiger partial charge in [-0.15, -0.1) is 0 Å². The third-order valence-corrected chi connectivity index (χ3v) is 5.91. The van der Waals surface area contributed by atoms with Gasteiger partial charge in [0.05, 0.1) is 18.7 Å². The largest absolute Gasteiger partial charge is 0.490 e. The molecule has 37 heavy (non-hydrogen) atoms. The Morgan fingerprint density at radius 1 is 1.08 bits per heavy atom. The SMILES string of the molecule is CCCC[C@@H](COc1ccc(-c2cc3ccccc3o2)nc1)Nc1ccc(C(=O)NCCC(=O)O)cc1. The zero-order chi connectivity index (χ0) is 26.0. The molecule has 3 N–H and O–H groups in total. The topological polar surface area (TPSA) is 114 Å². The van der Waals surface area contributed by atoms with Crippen LogP contribution in [0.25, 0.3) is 22.4 Å². The van der Waals surface area contributed by atoms with E-state index in [4.69, 9.17) is 14.3 Å². The zero-order valence-electron chi connectivity index (χ0n) is 20.8. The van der Waals surface area contributed by atoms with Crippen LogP contribution >= 0.6 is 0 Å². The lowest BCUT2D eigenvalue weighted by atomic mass is 10.1. The zero-order valence-corrected chi connectivity index (χ0v) is 20.8. The van der Waals surface area contributed by atoms with Gasteiger partial charge in [0.1, 0.15) is 23.6 Å². The molecule has 1 amide bonds. The lowest BCUT2D eigenvalue weighted by Gasteiger charge is -2.20. The molecule has 2 aromatic carbocycles. The Morgan fingerprint density at radius 3 is 2.59 bits per heavy atom. The lowest BCUT2D eigenvalue weighted by molar-refractivity contribution is -0.136. The summed E-state index contributed by atoms with van der Waals surface area (Å²) in [5.74, 6) is 0.154. The van der Waals surface area contributed by atoms with Crippen LogP contribution < -0.4 is 15.4 Å². The number of nitrogens with one attached hydrogen (secondary N) is 2. The van der Waals surface area contributed by atoms with Crippen molar-refractivity contribution in [1.29, 1.82) is 0 Å². The Bertz CT molecular complexity index is 1280. The number of pyridine rings is 1. The minimum Gasteiger partial charge on any atom is -0.490 e. The fourth-order valence-corrected chi connectivity index (χ4v) is 3.90. The average molecular weight is 502 g/mol. The molecule has 0 saturated carbocycles. The highest BCUT2D eigenvalue weighted by atomic mass is 16.5. The molecule has 8 nitrogen and oxygen atoms in total. The van der Waals surface area contributed by atoms with Gasteiger partial charge in [-0.1, -0.05) is 38.0 Å². The monoisotopic (exact) mass is 501 g/mol. The minimum atomic E-state index is -0.946. The van der Waals surface area contributed by atoms with E-state index in [2.05, 4.69) is 22.5 Å². The van der Waals surface area contributed by atoms with Crippen molar-refractivity contribution in [3.05, 3.63) is 78.5 Å². The number of hydrogen-bond donors (Lipinski definition) is 3. The first-order valence-corrected chi connectivity index (χ1v) is 12.5. The van der Waals surface area contributed by atoms with Gasteiger partial charge in [0.25, 0.3) is 5.91 Å². The van der Waals surface area contributed by atoms with Gasteiger partial charge in [-0.3, -0.25) is 9.59 Å². The molecule has 0 bridgehead atoms. The van der Waals surface area contributed by atoms with Crippen LogP contribution in [0.1, 0.15) is 43.0 Å². The van der Waals surface area contributed by atoms with Crippen molar-refractivity contribution in [2.45, 2.75) is 38.6 Å². The van der Waals surface area contributed by atoms with Gasteiger partial charge in [-0.25, -0.2) is 4.98 Å². The number of rotatable bonds is 13. The maximum Gasteiger partial charge on any atom is 0.305 e. The number of nitrogens with zero attached hydrogens (tertiary/aromatic N) is 1. The average Bonchev–Trinajstić information content (AvgIpc) is 3.35. The Hall–Kier alpha value is -4.33. The third-order valence-electron chi connectivity index (χ3n) is 5.91. The molecule has 192 valence electrons. The second kappa shape index (κ2) is 12.6. The number of aromatic nitrogens is 1. The fourth-order valence-electron chi connectivity index (χ4n) is 3.90. The second-order valence-corrected chi connectivity index (χ2v) is 8.80. The molecular weight excluding hydrogens is 470 g/mol. The molecule has 0 radical (unpaired) electrons. The normalized spacial score (nSPS) is 11.7. The van der Waals surface area contributed by atoms with E-state index in [-0.39, 0.29) is 24.9 Å². The highest BCUT2D eigenvalue weighted by Crippen LogP contribution is 2.27. The van der Waals surface area contributed by atoms with Gasteiger partial charge in [0.2, 0.25) is 0 Å². The number of carbonyl (C=O) groups excluding carboxylic acids is 1. The maximum atomic E-state index is 12.2. The summed E-state index contributed by atoms with van der Waals surface area (Å²) in [5, 5.41) is 15.8. The van der Waals surface area contributed by atoms with Gasteiger partial charge in [-0.05, 0) is 55.0 Å². The number of fused-ring (bicyclic) bond motifs is 1. The van der Waals surface area contributed by atoms with Crippen molar-refractivity contribution < 1.29 is 23.8 Å². The Balaban J connectivity index is 1.33. The molecule has 0 fully saturated rings. The first-order valence-electron chi connectivity index (χ1n) is 12.5. The smallest absolute Gasteiger partial charge is 0.305 e. The van der Waals surface area contributed by atoms with E-state index in [1.54, 1.807) is 18.3 Å². The van der Waals surface area contributed by atoms with Crippen molar-refractivity contribution in [2.75, 3.05) is 18.5 Å². The van der Waals surface area contributed by atoms with Crippen LogP contribution in [-0.4, -0.2) is 41.2 Å². The summed E-state index contributed by atoms with van der Waals surface area (Å²) in [6.45, 7) is 2.71. The van der Waals surface area contributed by atoms with E-state index in [0.29, 0.717) is 23.7 Å². The van der Waals surface area contributed by atoms with E-state index in [9.17, 15) is 9.59 Å². The predicted molar refractivity (Wildman–Crippen MR) is 143 cm³/mol. The summed E-state index contributed by atoms with van der Waals surface area (Å²) in [4.78, 5) is 27.3. The van der Waals surface area contributed by atoms with Crippen molar-refractivity contribution in [1.82, 2.24) is 10.3 Å². The van der Waals surface area contributed by atoms with E-state index < -0.39 is 5.97 Å². The van der Waals surface area contributed by atoms with Crippen molar-refractivity contribution in [3.8, 4) is 17.2 Å². The highest BCUT2D eigenvalue weighted by Gasteiger charge is 2.12. The van der Waals surface area contributed by atoms with Crippen LogP contribution in [-0.2, 0) is 4.79 Å².